The summed E-state index contributed by atoms with van der Waals surface area (Å²) in [5.74, 6) is 0.277. The van der Waals surface area contributed by atoms with E-state index in [9.17, 15) is 9.59 Å². The molecule has 4 rings (SSSR count). The van der Waals surface area contributed by atoms with Crippen molar-refractivity contribution in [1.82, 2.24) is 20.1 Å². The van der Waals surface area contributed by atoms with Crippen molar-refractivity contribution in [2.45, 2.75) is 26.4 Å². The molecule has 0 aliphatic rings. The summed E-state index contributed by atoms with van der Waals surface area (Å²) in [6, 6.07) is 15.5. The first-order chi connectivity index (χ1) is 14.4. The zero-order valence-electron chi connectivity index (χ0n) is 16.4. The summed E-state index contributed by atoms with van der Waals surface area (Å²) in [5.41, 5.74) is 1.23. The first-order valence-electron chi connectivity index (χ1n) is 9.44. The Labute approximate surface area is 177 Å². The van der Waals surface area contributed by atoms with E-state index in [1.54, 1.807) is 35.2 Å². The molecule has 2 heterocycles. The maximum Gasteiger partial charge on any atom is 0.255 e. The highest BCUT2D eigenvalue weighted by molar-refractivity contribution is 6.33. The van der Waals surface area contributed by atoms with Gasteiger partial charge in [-0.25, -0.2) is 0 Å². The van der Waals surface area contributed by atoms with Gasteiger partial charge in [-0.3, -0.25) is 9.59 Å². The van der Waals surface area contributed by atoms with Crippen LogP contribution in [0.2, 0.25) is 5.02 Å². The second-order valence-corrected chi connectivity index (χ2v) is 7.51. The second kappa shape index (κ2) is 8.12. The fourth-order valence-corrected chi connectivity index (χ4v) is 3.45. The molecule has 0 aliphatic carbocycles. The highest BCUT2D eigenvalue weighted by Crippen LogP contribution is 2.27. The summed E-state index contributed by atoms with van der Waals surface area (Å²) in [4.78, 5) is 29.8. The van der Waals surface area contributed by atoms with Crippen LogP contribution in [0.25, 0.3) is 22.4 Å². The van der Waals surface area contributed by atoms with Gasteiger partial charge < -0.3 is 14.3 Å². The number of para-hydroxylation sites is 1. The number of H-pyrrole nitrogens is 1. The van der Waals surface area contributed by atoms with Crippen LogP contribution in [-0.4, -0.2) is 32.0 Å². The van der Waals surface area contributed by atoms with E-state index in [0.717, 1.165) is 0 Å². The molecular formula is C22H19ClN4O3. The third-order valence-electron chi connectivity index (χ3n) is 4.74. The van der Waals surface area contributed by atoms with E-state index < -0.39 is 0 Å². The number of fused-ring (bicyclic) bond motifs is 1. The number of halogens is 1. The Morgan fingerprint density at radius 2 is 1.87 bits per heavy atom. The monoisotopic (exact) mass is 422 g/mol. The van der Waals surface area contributed by atoms with Gasteiger partial charge >= 0.3 is 0 Å². The Morgan fingerprint density at radius 3 is 2.63 bits per heavy atom. The van der Waals surface area contributed by atoms with E-state index in [-0.39, 0.29) is 35.8 Å². The Kier molecular flexibility index (Phi) is 5.37. The molecule has 0 atom stereocenters. The third kappa shape index (κ3) is 3.84. The van der Waals surface area contributed by atoms with E-state index >= 15 is 0 Å². The molecule has 4 aromatic rings. The summed E-state index contributed by atoms with van der Waals surface area (Å²) in [5, 5.41) is 9.31. The zero-order chi connectivity index (χ0) is 21.3. The maximum absolute atomic E-state index is 13.3. The first kappa shape index (κ1) is 19.8. The first-order valence-corrected chi connectivity index (χ1v) is 9.82. The quantitative estimate of drug-likeness (QED) is 0.518. The van der Waals surface area contributed by atoms with Crippen molar-refractivity contribution in [2.24, 2.45) is 0 Å². The summed E-state index contributed by atoms with van der Waals surface area (Å²) in [6.45, 7) is 3.88. The fraction of sp³-hybridized carbons (Fsp3) is 0.182. The topological polar surface area (TPSA) is 92.1 Å². The molecule has 7 nitrogen and oxygen atoms in total. The van der Waals surface area contributed by atoms with Gasteiger partial charge in [0.2, 0.25) is 17.3 Å². The molecule has 2 aromatic heterocycles. The highest BCUT2D eigenvalue weighted by atomic mass is 35.5. The van der Waals surface area contributed by atoms with E-state index in [1.165, 1.54) is 6.07 Å². The van der Waals surface area contributed by atoms with Gasteiger partial charge in [-0.2, -0.15) is 0 Å². The minimum atomic E-state index is -0.334. The molecule has 0 bridgehead atoms. The number of pyridine rings is 1. The van der Waals surface area contributed by atoms with Gasteiger partial charge in [-0.15, -0.1) is 10.2 Å². The Bertz CT molecular complexity index is 1280. The van der Waals surface area contributed by atoms with Gasteiger partial charge in [-0.1, -0.05) is 41.9 Å². The van der Waals surface area contributed by atoms with Crippen LogP contribution in [0.15, 0.2) is 63.8 Å². The predicted octanol–water partition coefficient (Wildman–Crippen LogP) is 4.28. The van der Waals surface area contributed by atoms with Crippen LogP contribution in [0.1, 0.15) is 30.1 Å². The van der Waals surface area contributed by atoms with Crippen LogP contribution in [0.5, 0.6) is 0 Å². The van der Waals surface area contributed by atoms with Crippen molar-refractivity contribution in [3.63, 3.8) is 0 Å². The van der Waals surface area contributed by atoms with Crippen LogP contribution < -0.4 is 5.56 Å². The smallest absolute Gasteiger partial charge is 0.255 e. The van der Waals surface area contributed by atoms with Gasteiger partial charge in [0, 0.05) is 23.0 Å². The number of carbonyl (C=O) groups is 1. The molecule has 8 heteroatoms. The third-order valence-corrected chi connectivity index (χ3v) is 5.07. The molecule has 2 aromatic carbocycles. The molecule has 0 aliphatic heterocycles. The molecule has 0 saturated carbocycles. The van der Waals surface area contributed by atoms with Crippen molar-refractivity contribution in [1.29, 1.82) is 0 Å². The van der Waals surface area contributed by atoms with E-state index in [2.05, 4.69) is 15.2 Å². The lowest BCUT2D eigenvalue weighted by Crippen LogP contribution is -2.37. The molecule has 152 valence electrons. The van der Waals surface area contributed by atoms with Gasteiger partial charge in [0.1, 0.15) is 0 Å². The van der Waals surface area contributed by atoms with Crippen LogP contribution >= 0.6 is 11.6 Å². The number of hydrogen-bond acceptors (Lipinski definition) is 5. The van der Waals surface area contributed by atoms with Crippen molar-refractivity contribution < 1.29 is 9.21 Å². The Balaban J connectivity index is 1.67. The number of aromatic amines is 1. The minimum absolute atomic E-state index is 0.106. The number of rotatable bonds is 5. The number of carbonyl (C=O) groups excluding carboxylic acids is 1. The predicted molar refractivity (Wildman–Crippen MR) is 114 cm³/mol. The fourth-order valence-electron chi connectivity index (χ4n) is 3.23. The van der Waals surface area contributed by atoms with Gasteiger partial charge in [-0.05, 0) is 32.0 Å². The van der Waals surface area contributed by atoms with Crippen molar-refractivity contribution in [3.05, 3.63) is 81.4 Å². The molecule has 1 amide bonds. The zero-order valence-corrected chi connectivity index (χ0v) is 17.2. The summed E-state index contributed by atoms with van der Waals surface area (Å²) >= 11 is 6.20. The summed E-state index contributed by atoms with van der Waals surface area (Å²) in [6.07, 6.45) is 0. The minimum Gasteiger partial charge on any atom is -0.419 e. The average Bonchev–Trinajstić information content (AvgIpc) is 3.19. The van der Waals surface area contributed by atoms with E-state index in [4.69, 9.17) is 16.0 Å². The number of nitrogens with one attached hydrogen (secondary N) is 1. The van der Waals surface area contributed by atoms with Crippen LogP contribution in [0.4, 0.5) is 0 Å². The molecular weight excluding hydrogens is 404 g/mol. The molecule has 0 spiro atoms. The molecule has 0 radical (unpaired) electrons. The highest BCUT2D eigenvalue weighted by Gasteiger charge is 2.24. The lowest BCUT2D eigenvalue weighted by Gasteiger charge is -2.25. The molecule has 0 unspecified atom stereocenters. The summed E-state index contributed by atoms with van der Waals surface area (Å²) in [7, 11) is 0. The lowest BCUT2D eigenvalue weighted by atomic mass is 10.1. The number of aromatic nitrogens is 3. The molecule has 0 saturated heterocycles. The standard InChI is InChI=1S/C22H19ClN4O3/c1-13(2)27(12-20-25-26-21(30-20)15-8-3-5-9-17(15)23)22(29)16-11-19(28)24-18-10-6-4-7-14(16)18/h3-11,13H,12H2,1-2H3,(H,24,28). The van der Waals surface area contributed by atoms with Crippen LogP contribution in [0.3, 0.4) is 0 Å². The maximum atomic E-state index is 13.3. The van der Waals surface area contributed by atoms with E-state index in [1.807, 2.05) is 32.0 Å². The number of nitrogens with zero attached hydrogens (tertiary/aromatic N) is 3. The van der Waals surface area contributed by atoms with E-state index in [0.29, 0.717) is 27.1 Å². The lowest BCUT2D eigenvalue weighted by molar-refractivity contribution is 0.0674. The van der Waals surface area contributed by atoms with Crippen LogP contribution in [-0.2, 0) is 6.54 Å². The number of hydrogen-bond donors (Lipinski definition) is 1. The second-order valence-electron chi connectivity index (χ2n) is 7.10. The SMILES string of the molecule is CC(C)N(Cc1nnc(-c2ccccc2Cl)o1)C(=O)c1cc(=O)[nH]c2ccccc12. The number of amides is 1. The van der Waals surface area contributed by atoms with Crippen molar-refractivity contribution in [2.75, 3.05) is 0 Å². The van der Waals surface area contributed by atoms with Crippen molar-refractivity contribution in [3.8, 4) is 11.5 Å². The average molecular weight is 423 g/mol. The molecule has 30 heavy (non-hydrogen) atoms. The molecule has 0 fully saturated rings. The van der Waals surface area contributed by atoms with Crippen LogP contribution in [0, 0.1) is 0 Å². The Hall–Kier alpha value is -3.45. The van der Waals surface area contributed by atoms with Crippen molar-refractivity contribution >= 4 is 28.4 Å². The summed E-state index contributed by atoms with van der Waals surface area (Å²) < 4.78 is 5.76. The van der Waals surface area contributed by atoms with Gasteiger partial charge in [0.15, 0.2) is 0 Å². The normalized spacial score (nSPS) is 11.2. The van der Waals surface area contributed by atoms with Gasteiger partial charge in [0.25, 0.3) is 5.91 Å². The Morgan fingerprint density at radius 1 is 1.13 bits per heavy atom. The number of benzene rings is 2. The largest absolute Gasteiger partial charge is 0.419 e. The van der Waals surface area contributed by atoms with Gasteiger partial charge in [0.05, 0.1) is 22.7 Å². The molecule has 1 N–H and O–H groups in total.